The van der Waals surface area contributed by atoms with E-state index in [1.807, 2.05) is 32.0 Å². The van der Waals surface area contributed by atoms with Gasteiger partial charge in [0.05, 0.1) is 11.3 Å². The topological polar surface area (TPSA) is 84.9 Å². The molecule has 0 aliphatic rings. The molecule has 0 amide bonds. The van der Waals surface area contributed by atoms with Gasteiger partial charge in [0.25, 0.3) is 0 Å². The lowest BCUT2D eigenvalue weighted by Gasteiger charge is -2.06. The second-order valence-corrected chi connectivity index (χ2v) is 5.00. The summed E-state index contributed by atoms with van der Waals surface area (Å²) in [6.45, 7) is 4.08. The fraction of sp³-hybridized carbons (Fsp3) is 0.125. The molecule has 0 saturated carbocycles. The first kappa shape index (κ1) is 13.2. The van der Waals surface area contributed by atoms with Gasteiger partial charge in [0.1, 0.15) is 0 Å². The van der Waals surface area contributed by atoms with Crippen molar-refractivity contribution in [3.8, 4) is 22.6 Å². The zero-order chi connectivity index (χ0) is 15.0. The van der Waals surface area contributed by atoms with E-state index in [4.69, 9.17) is 10.3 Å². The molecule has 0 unspecified atom stereocenters. The van der Waals surface area contributed by atoms with Gasteiger partial charge < -0.3 is 15.2 Å². The van der Waals surface area contributed by atoms with Gasteiger partial charge in [-0.2, -0.15) is 0 Å². The fourth-order valence-corrected chi connectivity index (χ4v) is 2.24. The number of H-pyrrole nitrogens is 1. The normalized spacial score (nSPS) is 10.8. The van der Waals surface area contributed by atoms with E-state index >= 15 is 0 Å². The van der Waals surface area contributed by atoms with Gasteiger partial charge in [0.15, 0.2) is 11.6 Å². The summed E-state index contributed by atoms with van der Waals surface area (Å²) in [5, 5.41) is 3.83. The Balaban J connectivity index is 2.21. The Labute approximate surface area is 121 Å². The third-order valence-corrected chi connectivity index (χ3v) is 3.53. The number of benzene rings is 1. The number of nitrogens with zero attached hydrogens (tertiary/aromatic N) is 1. The summed E-state index contributed by atoms with van der Waals surface area (Å²) < 4.78 is 5.32. The quantitative estimate of drug-likeness (QED) is 0.756. The maximum atomic E-state index is 11.5. The van der Waals surface area contributed by atoms with Crippen molar-refractivity contribution in [1.29, 1.82) is 0 Å². The molecule has 0 fully saturated rings. The van der Waals surface area contributed by atoms with Gasteiger partial charge in [-0.3, -0.25) is 4.79 Å². The van der Waals surface area contributed by atoms with E-state index < -0.39 is 0 Å². The Kier molecular flexibility index (Phi) is 3.10. The lowest BCUT2D eigenvalue weighted by atomic mass is 9.99. The molecule has 0 radical (unpaired) electrons. The predicted molar refractivity (Wildman–Crippen MR) is 81.9 cm³/mol. The third-order valence-electron chi connectivity index (χ3n) is 3.53. The van der Waals surface area contributed by atoms with Crippen molar-refractivity contribution in [1.82, 2.24) is 10.1 Å². The number of aromatic nitrogens is 2. The van der Waals surface area contributed by atoms with E-state index in [1.165, 1.54) is 11.6 Å². The highest BCUT2D eigenvalue weighted by atomic mass is 16.5. The predicted octanol–water partition coefficient (Wildman–Crippen LogP) is 2.90. The largest absolute Gasteiger partial charge is 0.380 e. The minimum atomic E-state index is -0.200. The second-order valence-electron chi connectivity index (χ2n) is 5.00. The summed E-state index contributed by atoms with van der Waals surface area (Å²) >= 11 is 0. The van der Waals surface area contributed by atoms with Gasteiger partial charge >= 0.3 is 0 Å². The SMILES string of the molecule is Cc1ccc(-c2c(N)noc2-c2cccc(=O)[nH]2)cc1C. The lowest BCUT2D eigenvalue weighted by molar-refractivity contribution is 0.434. The van der Waals surface area contributed by atoms with E-state index in [9.17, 15) is 4.79 Å². The Hall–Kier alpha value is -2.82. The van der Waals surface area contributed by atoms with Crippen LogP contribution in [0.1, 0.15) is 11.1 Å². The summed E-state index contributed by atoms with van der Waals surface area (Å²) in [5.41, 5.74) is 10.3. The van der Waals surface area contributed by atoms with Crippen LogP contribution >= 0.6 is 0 Å². The van der Waals surface area contributed by atoms with Crippen LogP contribution in [-0.4, -0.2) is 10.1 Å². The highest BCUT2D eigenvalue weighted by Gasteiger charge is 2.18. The second kappa shape index (κ2) is 4.94. The molecule has 0 aliphatic heterocycles. The maximum absolute atomic E-state index is 11.5. The number of rotatable bonds is 2. The van der Waals surface area contributed by atoms with Crippen molar-refractivity contribution in [2.24, 2.45) is 0 Å². The monoisotopic (exact) mass is 281 g/mol. The van der Waals surface area contributed by atoms with Gasteiger partial charge in [-0.25, -0.2) is 0 Å². The molecule has 1 aromatic carbocycles. The van der Waals surface area contributed by atoms with Gasteiger partial charge in [0, 0.05) is 6.07 Å². The molecule has 5 heteroatoms. The summed E-state index contributed by atoms with van der Waals surface area (Å²) in [5.74, 6) is 0.770. The van der Waals surface area contributed by atoms with Crippen LogP contribution in [0.5, 0.6) is 0 Å². The first-order valence-corrected chi connectivity index (χ1v) is 6.59. The fourth-order valence-electron chi connectivity index (χ4n) is 2.24. The number of hydrogen-bond acceptors (Lipinski definition) is 4. The van der Waals surface area contributed by atoms with Gasteiger partial charge in [-0.05, 0) is 36.6 Å². The molecule has 0 spiro atoms. The molecule has 2 heterocycles. The first-order chi connectivity index (χ1) is 10.1. The van der Waals surface area contributed by atoms with Crippen LogP contribution < -0.4 is 11.3 Å². The van der Waals surface area contributed by atoms with Gasteiger partial charge in [-0.15, -0.1) is 0 Å². The van der Waals surface area contributed by atoms with Gasteiger partial charge in [0.2, 0.25) is 5.56 Å². The molecule has 3 rings (SSSR count). The minimum Gasteiger partial charge on any atom is -0.380 e. The van der Waals surface area contributed by atoms with Crippen molar-refractivity contribution in [3.63, 3.8) is 0 Å². The van der Waals surface area contributed by atoms with Crippen molar-refractivity contribution in [2.75, 3.05) is 5.73 Å². The number of pyridine rings is 1. The zero-order valence-corrected chi connectivity index (χ0v) is 11.8. The Morgan fingerprint density at radius 1 is 1.14 bits per heavy atom. The van der Waals surface area contributed by atoms with E-state index in [1.54, 1.807) is 12.1 Å². The Morgan fingerprint density at radius 3 is 2.67 bits per heavy atom. The van der Waals surface area contributed by atoms with Crippen molar-refractivity contribution in [2.45, 2.75) is 13.8 Å². The van der Waals surface area contributed by atoms with Crippen LogP contribution in [0.3, 0.4) is 0 Å². The average molecular weight is 281 g/mol. The molecule has 2 aromatic heterocycles. The minimum absolute atomic E-state index is 0.200. The maximum Gasteiger partial charge on any atom is 0.248 e. The lowest BCUT2D eigenvalue weighted by Crippen LogP contribution is -2.03. The highest BCUT2D eigenvalue weighted by molar-refractivity contribution is 5.85. The van der Waals surface area contributed by atoms with Crippen LogP contribution in [0.2, 0.25) is 0 Å². The molecule has 0 aliphatic carbocycles. The molecule has 0 atom stereocenters. The van der Waals surface area contributed by atoms with Crippen LogP contribution in [0.15, 0.2) is 45.7 Å². The summed E-state index contributed by atoms with van der Waals surface area (Å²) in [6.07, 6.45) is 0. The first-order valence-electron chi connectivity index (χ1n) is 6.59. The Morgan fingerprint density at radius 2 is 1.95 bits per heavy atom. The molecule has 21 heavy (non-hydrogen) atoms. The van der Waals surface area contributed by atoms with Crippen molar-refractivity contribution >= 4 is 5.82 Å². The number of nitrogen functional groups attached to an aromatic ring is 1. The highest BCUT2D eigenvalue weighted by Crippen LogP contribution is 2.36. The molecule has 3 N–H and O–H groups in total. The van der Waals surface area contributed by atoms with E-state index in [2.05, 4.69) is 10.1 Å². The van der Waals surface area contributed by atoms with Crippen LogP contribution in [0.4, 0.5) is 5.82 Å². The van der Waals surface area contributed by atoms with Crippen molar-refractivity contribution in [3.05, 3.63) is 57.9 Å². The number of anilines is 1. The summed E-state index contributed by atoms with van der Waals surface area (Å²) in [6, 6.07) is 10.9. The molecule has 0 saturated heterocycles. The molecule has 5 nitrogen and oxygen atoms in total. The standard InChI is InChI=1S/C16H15N3O2/c1-9-6-7-11(8-10(9)2)14-15(21-19-16(14)17)12-4-3-5-13(20)18-12/h3-8H,1-2H3,(H2,17,19)(H,18,20). The van der Waals surface area contributed by atoms with E-state index in [0.717, 1.165) is 11.1 Å². The summed E-state index contributed by atoms with van der Waals surface area (Å²) in [7, 11) is 0. The Bertz CT molecular complexity index is 862. The number of aromatic amines is 1. The van der Waals surface area contributed by atoms with Crippen LogP contribution in [-0.2, 0) is 0 Å². The van der Waals surface area contributed by atoms with Crippen LogP contribution in [0, 0.1) is 13.8 Å². The average Bonchev–Trinajstić information content (AvgIpc) is 2.84. The molecule has 0 bridgehead atoms. The molecular weight excluding hydrogens is 266 g/mol. The van der Waals surface area contributed by atoms with E-state index in [0.29, 0.717) is 22.8 Å². The van der Waals surface area contributed by atoms with Gasteiger partial charge in [-0.1, -0.05) is 29.4 Å². The number of hydrogen-bond donors (Lipinski definition) is 2. The van der Waals surface area contributed by atoms with Crippen molar-refractivity contribution < 1.29 is 4.52 Å². The smallest absolute Gasteiger partial charge is 0.248 e. The van der Waals surface area contributed by atoms with E-state index in [-0.39, 0.29) is 5.56 Å². The number of aryl methyl sites for hydroxylation is 2. The third kappa shape index (κ3) is 2.33. The molecule has 106 valence electrons. The number of nitrogens with two attached hydrogens (primary N) is 1. The molecular formula is C16H15N3O2. The zero-order valence-electron chi connectivity index (χ0n) is 11.8. The summed E-state index contributed by atoms with van der Waals surface area (Å²) in [4.78, 5) is 14.2. The molecule has 3 aromatic rings. The number of nitrogens with one attached hydrogen (secondary N) is 1. The van der Waals surface area contributed by atoms with Crippen LogP contribution in [0.25, 0.3) is 22.6 Å².